The number of imide groups is 1. The molecule has 10 N–H and O–H groups in total. The highest BCUT2D eigenvalue weighted by Gasteiger charge is 2.51. The van der Waals surface area contributed by atoms with Gasteiger partial charge in [0.05, 0.1) is 25.6 Å². The molecule has 2 saturated heterocycles. The standard InChI is InChI=1S/C58H72N14O19P2S2/c1-32(2)46(66-42(73)13-5-4-8-23-71-44(74)18-19-45(71)75)53(79)65-39(12-9-21-61-56(59)81)52(78)64-36-16-14-33(15-17-36)27-85-58(82)70(3)26-34-10-6-7-11-38(34)51(77)68-57-67-50-47(54(80)69-57)63-31-72(50)55-49-48(76)41(89-55)29-87-92(83,94)90-40-25-37(88-43-20-22-60-30-62-43)24-35(40)28-86-93(84,95)91-49/h6-7,10-11,14-20,22,30-32,35,37,39-41,46,48-49,55,76H,4-5,8-9,12-13,21,23-29H2,1-3H3,(H,64,78)(H,65,79)(H,66,73)(H,83,94)(H,84,95)(H3,59,61,81)(H2,67,68,69,77,80)/t35-,37-,39+,40+,41+,46+,48-,49-,55-,92?,93?/m1/s1. The molecule has 9 rings (SSSR count). The van der Waals surface area contributed by atoms with Crippen LogP contribution in [-0.2, 0) is 81.1 Å². The zero-order valence-electron chi connectivity index (χ0n) is 51.5. The third-order valence-corrected chi connectivity index (χ3v) is 18.9. The number of nitrogens with one attached hydrogen (secondary N) is 6. The molecular formula is C58H72N14O19P2S2. The van der Waals surface area contributed by atoms with E-state index >= 15 is 0 Å². The number of carbonyl (C=O) groups is 8. The molecule has 510 valence electrons. The number of aliphatic hydroxyl groups excluding tert-OH is 1. The highest BCUT2D eigenvalue weighted by atomic mass is 32.7. The Morgan fingerprint density at radius 1 is 0.916 bits per heavy atom. The van der Waals surface area contributed by atoms with Crippen molar-refractivity contribution >= 4 is 108 Å². The second-order valence-electron chi connectivity index (χ2n) is 23.0. The third kappa shape index (κ3) is 19.3. The molecule has 95 heavy (non-hydrogen) atoms. The van der Waals surface area contributed by atoms with Crippen LogP contribution in [0.1, 0.15) is 92.9 Å². The zero-order chi connectivity index (χ0) is 68.1. The molecule has 37 heteroatoms. The van der Waals surface area contributed by atoms with Crippen molar-refractivity contribution < 1.29 is 85.2 Å². The summed E-state index contributed by atoms with van der Waals surface area (Å²) in [5.41, 5.74) is 5.27. The van der Waals surface area contributed by atoms with Crippen molar-refractivity contribution in [2.45, 2.75) is 127 Å². The Bertz CT molecular complexity index is 3810. The van der Waals surface area contributed by atoms with Crippen LogP contribution in [0.3, 0.4) is 0 Å². The van der Waals surface area contributed by atoms with E-state index in [1.807, 2.05) is 0 Å². The van der Waals surface area contributed by atoms with Crippen LogP contribution in [0.2, 0.25) is 0 Å². The van der Waals surface area contributed by atoms with Crippen molar-refractivity contribution in [2.75, 3.05) is 44.0 Å². The number of amides is 9. The first-order valence-electron chi connectivity index (χ1n) is 30.2. The van der Waals surface area contributed by atoms with Gasteiger partial charge in [0.2, 0.25) is 29.5 Å². The molecule has 3 aromatic heterocycles. The minimum Gasteiger partial charge on any atom is -0.474 e. The van der Waals surface area contributed by atoms with E-state index < -0.39 is 116 Å². The van der Waals surface area contributed by atoms with Crippen molar-refractivity contribution in [3.8, 4) is 5.88 Å². The maximum absolute atomic E-state index is 14.0. The lowest BCUT2D eigenvalue weighted by Crippen LogP contribution is -2.54. The molecule has 3 aliphatic heterocycles. The minimum absolute atomic E-state index is 0.0729. The van der Waals surface area contributed by atoms with Gasteiger partial charge in [-0.1, -0.05) is 62.8 Å². The fourth-order valence-electron chi connectivity index (χ4n) is 10.8. The van der Waals surface area contributed by atoms with Gasteiger partial charge in [0, 0.05) is 81.1 Å². The molecule has 33 nitrogen and oxygen atoms in total. The van der Waals surface area contributed by atoms with Crippen molar-refractivity contribution in [2.24, 2.45) is 17.6 Å². The summed E-state index contributed by atoms with van der Waals surface area (Å²) in [4.78, 5) is 149. The van der Waals surface area contributed by atoms with E-state index in [1.54, 1.807) is 62.4 Å². The zero-order valence-corrected chi connectivity index (χ0v) is 55.0. The lowest BCUT2D eigenvalue weighted by atomic mass is 10.0. The summed E-state index contributed by atoms with van der Waals surface area (Å²) in [6, 6.07) is 11.3. The second kappa shape index (κ2) is 32.1. The van der Waals surface area contributed by atoms with E-state index in [9.17, 15) is 57.7 Å². The number of carbonyl (C=O) groups excluding carboxylic acids is 8. The van der Waals surface area contributed by atoms with Crippen molar-refractivity contribution in [1.29, 1.82) is 0 Å². The Balaban J connectivity index is 0.785. The first-order valence-corrected chi connectivity index (χ1v) is 35.5. The number of benzene rings is 2. The largest absolute Gasteiger partial charge is 0.474 e. The van der Waals surface area contributed by atoms with Gasteiger partial charge in [-0.2, -0.15) is 4.98 Å². The summed E-state index contributed by atoms with van der Waals surface area (Å²) < 4.78 is 56.3. The number of nitrogens with two attached hydrogens (primary N) is 1. The van der Waals surface area contributed by atoms with Gasteiger partial charge in [-0.25, -0.2) is 29.1 Å². The number of aromatic nitrogens is 6. The number of H-pyrrole nitrogens is 1. The molecule has 3 fully saturated rings. The molecule has 1 aliphatic carbocycles. The number of anilines is 2. The van der Waals surface area contributed by atoms with Crippen LogP contribution in [0.5, 0.6) is 5.88 Å². The SMILES string of the molecule is CC(C)[C@H](NC(=O)CCCCCN1C(=O)C=CC1=O)C(=O)N[C@@H](CCCNC(N)=O)C(=O)Nc1ccc(COC(=O)N(C)Cc2ccccc2C(=O)Nc2nc3c(ncn3[C@@H]3O[C@H]4COP(O)(=S)O[C@H]5C[C@H](Oc6ccncn6)C[C@@H]5COP(=O)(S)O[C@@H]3[C@@H]4O)c(=O)[nH]2)cc1. The number of fused-ring (bicyclic) bond motifs is 4. The molecule has 2 unspecified atom stereocenters. The molecule has 2 bridgehead atoms. The van der Waals surface area contributed by atoms with Crippen molar-refractivity contribution in [3.63, 3.8) is 0 Å². The summed E-state index contributed by atoms with van der Waals surface area (Å²) in [7, 11) is 1.45. The molecule has 2 aromatic carbocycles. The molecule has 5 aromatic rings. The summed E-state index contributed by atoms with van der Waals surface area (Å²) in [5, 5.41) is 24.9. The van der Waals surface area contributed by atoms with Gasteiger partial charge in [-0.3, -0.25) is 57.9 Å². The van der Waals surface area contributed by atoms with E-state index in [0.29, 0.717) is 42.0 Å². The van der Waals surface area contributed by atoms with Crippen LogP contribution in [-0.4, -0.2) is 173 Å². The van der Waals surface area contributed by atoms with Crippen LogP contribution in [0.25, 0.3) is 11.2 Å². The highest BCUT2D eigenvalue weighted by molar-refractivity contribution is 8.44. The van der Waals surface area contributed by atoms with Crippen LogP contribution in [0, 0.1) is 11.8 Å². The Morgan fingerprint density at radius 3 is 2.40 bits per heavy atom. The summed E-state index contributed by atoms with van der Waals surface area (Å²) >= 11 is 9.61. The van der Waals surface area contributed by atoms with E-state index in [0.717, 1.165) is 11.2 Å². The fraction of sp³-hybridized carbons (Fsp3) is 0.466. The molecule has 0 spiro atoms. The molecular weight excluding hydrogens is 1320 g/mol. The number of imidazole rings is 1. The lowest BCUT2D eigenvalue weighted by molar-refractivity contribution is -0.137. The van der Waals surface area contributed by atoms with E-state index in [4.69, 9.17) is 49.8 Å². The lowest BCUT2D eigenvalue weighted by Gasteiger charge is -2.27. The monoisotopic (exact) mass is 1390 g/mol. The molecule has 0 radical (unpaired) electrons. The van der Waals surface area contributed by atoms with Crippen LogP contribution >= 0.6 is 25.8 Å². The summed E-state index contributed by atoms with van der Waals surface area (Å²) in [6.07, 6.45) is 0.702. The first-order chi connectivity index (χ1) is 45.3. The quantitative estimate of drug-likeness (QED) is 0.0173. The van der Waals surface area contributed by atoms with Gasteiger partial charge in [0.25, 0.3) is 23.3 Å². The topological polar surface area (TPSA) is 441 Å². The van der Waals surface area contributed by atoms with Crippen molar-refractivity contribution in [3.05, 3.63) is 113 Å². The number of thiol groups is 1. The Morgan fingerprint density at radius 2 is 1.67 bits per heavy atom. The number of aromatic amines is 1. The van der Waals surface area contributed by atoms with Crippen LogP contribution in [0.4, 0.5) is 21.2 Å². The predicted molar refractivity (Wildman–Crippen MR) is 343 cm³/mol. The average molecular weight is 1400 g/mol. The number of hydrogen-bond donors (Lipinski definition) is 10. The number of hydrogen-bond acceptors (Lipinski definition) is 23. The smallest absolute Gasteiger partial charge is 0.410 e. The number of nitrogens with zero attached hydrogens (tertiary/aromatic N) is 7. The molecule has 9 amide bonds. The Labute approximate surface area is 553 Å². The van der Waals surface area contributed by atoms with E-state index in [1.165, 1.54) is 47.3 Å². The molecule has 6 heterocycles. The number of urea groups is 1. The number of unbranched alkanes of at least 4 members (excludes halogenated alkanes) is 2. The maximum atomic E-state index is 14.0. The van der Waals surface area contributed by atoms with E-state index in [-0.39, 0.29) is 105 Å². The van der Waals surface area contributed by atoms with Gasteiger partial charge in [-0.15, -0.1) is 0 Å². The van der Waals surface area contributed by atoms with Crippen LogP contribution in [0.15, 0.2) is 90.4 Å². The maximum Gasteiger partial charge on any atom is 0.410 e. The number of aliphatic hydroxyl groups is 1. The second-order valence-corrected chi connectivity index (χ2v) is 28.7. The fourth-order valence-corrected chi connectivity index (χ4v) is 13.8. The van der Waals surface area contributed by atoms with Gasteiger partial charge in [0.1, 0.15) is 49.4 Å². The first kappa shape index (κ1) is 71.2. The van der Waals surface area contributed by atoms with Gasteiger partial charge in [-0.05, 0) is 79.2 Å². The van der Waals surface area contributed by atoms with Gasteiger partial charge < -0.3 is 69.7 Å². The van der Waals surface area contributed by atoms with E-state index in [2.05, 4.69) is 63.8 Å². The molecule has 1 saturated carbocycles. The van der Waals surface area contributed by atoms with Gasteiger partial charge >= 0.3 is 25.6 Å². The predicted octanol–water partition coefficient (Wildman–Crippen LogP) is 3.62. The molecule has 4 aliphatic rings. The van der Waals surface area contributed by atoms with Gasteiger partial charge in [0.15, 0.2) is 17.4 Å². The number of rotatable bonds is 25. The molecule has 11 atom stereocenters. The third-order valence-electron chi connectivity index (χ3n) is 15.7. The van der Waals surface area contributed by atoms with Crippen molar-refractivity contribution in [1.82, 2.24) is 55.2 Å². The number of primary amides is 1. The van der Waals surface area contributed by atoms with Crippen LogP contribution < -0.4 is 42.6 Å². The number of ether oxygens (including phenoxy) is 3. The highest BCUT2D eigenvalue weighted by Crippen LogP contribution is 2.59. The Hall–Kier alpha value is -8.08. The Kier molecular flexibility index (Phi) is 24.1. The average Bonchev–Trinajstić information content (AvgIpc) is 1.62. The normalized spacial score (nSPS) is 24.1. The summed E-state index contributed by atoms with van der Waals surface area (Å²) in [5.74, 6) is -4.15. The minimum atomic E-state index is -4.39. The summed E-state index contributed by atoms with van der Waals surface area (Å²) in [6.45, 7) is -5.82.